The van der Waals surface area contributed by atoms with Gasteiger partial charge in [0.1, 0.15) is 0 Å². The Bertz CT molecular complexity index is 1350. The van der Waals surface area contributed by atoms with Gasteiger partial charge in [-0.1, -0.05) is 36.4 Å². The molecular formula is C25H20N6O. The Morgan fingerprint density at radius 3 is 2.41 bits per heavy atom. The molecule has 0 atom stereocenters. The van der Waals surface area contributed by atoms with E-state index in [0.717, 1.165) is 16.7 Å². The van der Waals surface area contributed by atoms with Crippen molar-refractivity contribution in [2.45, 2.75) is 13.1 Å². The van der Waals surface area contributed by atoms with E-state index < -0.39 is 0 Å². The Kier molecular flexibility index (Phi) is 5.36. The van der Waals surface area contributed by atoms with Crippen molar-refractivity contribution in [1.29, 1.82) is 0 Å². The molecule has 1 amide bonds. The monoisotopic (exact) mass is 420 g/mol. The van der Waals surface area contributed by atoms with Crippen LogP contribution < -0.4 is 5.32 Å². The van der Waals surface area contributed by atoms with Crippen molar-refractivity contribution < 1.29 is 4.79 Å². The van der Waals surface area contributed by atoms with Crippen LogP contribution in [0.15, 0.2) is 91.6 Å². The zero-order valence-corrected chi connectivity index (χ0v) is 17.2. The lowest BCUT2D eigenvalue weighted by atomic mass is 10.1. The molecule has 0 spiro atoms. The van der Waals surface area contributed by atoms with Gasteiger partial charge >= 0.3 is 0 Å². The smallest absolute Gasteiger partial charge is 0.252 e. The molecule has 0 unspecified atom stereocenters. The van der Waals surface area contributed by atoms with Crippen LogP contribution in [0.1, 0.15) is 21.5 Å². The van der Waals surface area contributed by atoms with Crippen molar-refractivity contribution >= 4 is 16.9 Å². The third-order valence-corrected chi connectivity index (χ3v) is 5.16. The molecule has 7 nitrogen and oxygen atoms in total. The van der Waals surface area contributed by atoms with Gasteiger partial charge in [0.2, 0.25) is 0 Å². The van der Waals surface area contributed by atoms with Crippen LogP contribution >= 0.6 is 0 Å². The summed E-state index contributed by atoms with van der Waals surface area (Å²) < 4.78 is 1.79. The Balaban J connectivity index is 1.55. The summed E-state index contributed by atoms with van der Waals surface area (Å²) in [7, 11) is 0. The molecule has 0 saturated carbocycles. The predicted octanol–water partition coefficient (Wildman–Crippen LogP) is 3.87. The number of hydrogen-bond acceptors (Lipinski definition) is 5. The van der Waals surface area contributed by atoms with Gasteiger partial charge in [0.05, 0.1) is 29.4 Å². The Hall–Kier alpha value is -4.39. The predicted molar refractivity (Wildman–Crippen MR) is 122 cm³/mol. The van der Waals surface area contributed by atoms with Crippen LogP contribution in [0.5, 0.6) is 0 Å². The number of nitrogens with one attached hydrogen (secondary N) is 1. The van der Waals surface area contributed by atoms with Crippen molar-refractivity contribution in [3.8, 4) is 11.3 Å². The number of fused-ring (bicyclic) bond motifs is 1. The van der Waals surface area contributed by atoms with Crippen LogP contribution in [0.4, 0.5) is 0 Å². The third kappa shape index (κ3) is 4.09. The maximum Gasteiger partial charge on any atom is 0.252 e. The number of carbonyl (C=O) groups is 1. The molecule has 0 fully saturated rings. The van der Waals surface area contributed by atoms with E-state index in [4.69, 9.17) is 4.98 Å². The van der Waals surface area contributed by atoms with Crippen LogP contribution in [0, 0.1) is 0 Å². The summed E-state index contributed by atoms with van der Waals surface area (Å²) in [5.74, 6) is -0.174. The van der Waals surface area contributed by atoms with E-state index in [9.17, 15) is 4.79 Å². The van der Waals surface area contributed by atoms with Crippen LogP contribution in [0.2, 0.25) is 0 Å². The minimum atomic E-state index is -0.174. The van der Waals surface area contributed by atoms with Gasteiger partial charge in [-0.2, -0.15) is 5.10 Å². The molecule has 0 aliphatic rings. The van der Waals surface area contributed by atoms with Gasteiger partial charge in [-0.25, -0.2) is 9.67 Å². The first-order valence-corrected chi connectivity index (χ1v) is 10.3. The van der Waals surface area contributed by atoms with Crippen LogP contribution in [-0.2, 0) is 13.1 Å². The lowest BCUT2D eigenvalue weighted by Gasteiger charge is -2.10. The maximum absolute atomic E-state index is 13.2. The summed E-state index contributed by atoms with van der Waals surface area (Å²) in [5.41, 5.74) is 4.71. The SMILES string of the molecule is O=C(NCc1ccccc1)c1cc(-c2cccnc2)nc2c1cnn2Cc1cccnc1. The van der Waals surface area contributed by atoms with Gasteiger partial charge in [-0.05, 0) is 35.4 Å². The van der Waals surface area contributed by atoms with Crippen molar-refractivity contribution in [1.82, 2.24) is 30.0 Å². The number of nitrogens with zero attached hydrogens (tertiary/aromatic N) is 5. The number of amides is 1. The molecule has 0 radical (unpaired) electrons. The fourth-order valence-electron chi connectivity index (χ4n) is 3.55. The molecule has 5 rings (SSSR count). The minimum Gasteiger partial charge on any atom is -0.348 e. The van der Waals surface area contributed by atoms with Crippen molar-refractivity contribution in [3.05, 3.63) is 108 Å². The van der Waals surface area contributed by atoms with Gasteiger partial charge in [0.15, 0.2) is 5.65 Å². The first-order chi connectivity index (χ1) is 15.8. The molecule has 1 aromatic carbocycles. The van der Waals surface area contributed by atoms with Crippen LogP contribution in [-0.4, -0.2) is 30.6 Å². The number of pyridine rings is 3. The number of hydrogen-bond donors (Lipinski definition) is 1. The van der Waals surface area contributed by atoms with Gasteiger partial charge in [-0.15, -0.1) is 0 Å². The fourth-order valence-corrected chi connectivity index (χ4v) is 3.55. The van der Waals surface area contributed by atoms with E-state index in [1.165, 1.54) is 0 Å². The standard InChI is InChI=1S/C25H20N6O/c32-25(28-14-18-6-2-1-3-7-18)21-12-23(20-9-5-11-27-15-20)30-24-22(21)16-29-31(24)17-19-8-4-10-26-13-19/h1-13,15-16H,14,17H2,(H,28,32). The summed E-state index contributed by atoms with van der Waals surface area (Å²) in [4.78, 5) is 26.4. The lowest BCUT2D eigenvalue weighted by molar-refractivity contribution is 0.0952. The van der Waals surface area contributed by atoms with Gasteiger partial charge in [0, 0.05) is 36.9 Å². The quantitative estimate of drug-likeness (QED) is 0.451. The van der Waals surface area contributed by atoms with E-state index in [0.29, 0.717) is 35.4 Å². The fraction of sp³-hybridized carbons (Fsp3) is 0.0800. The second-order valence-corrected chi connectivity index (χ2v) is 7.37. The molecular weight excluding hydrogens is 400 g/mol. The summed E-state index contributed by atoms with van der Waals surface area (Å²) >= 11 is 0. The van der Waals surface area contributed by atoms with Crippen molar-refractivity contribution in [2.24, 2.45) is 0 Å². The normalized spacial score (nSPS) is 10.9. The Morgan fingerprint density at radius 2 is 1.66 bits per heavy atom. The molecule has 4 heterocycles. The second-order valence-electron chi connectivity index (χ2n) is 7.37. The highest BCUT2D eigenvalue weighted by atomic mass is 16.1. The third-order valence-electron chi connectivity index (χ3n) is 5.16. The number of rotatable bonds is 6. The Morgan fingerprint density at radius 1 is 0.875 bits per heavy atom. The van der Waals surface area contributed by atoms with E-state index in [2.05, 4.69) is 20.4 Å². The van der Waals surface area contributed by atoms with Crippen LogP contribution in [0.25, 0.3) is 22.3 Å². The average Bonchev–Trinajstić information content (AvgIpc) is 3.26. The van der Waals surface area contributed by atoms with E-state index >= 15 is 0 Å². The lowest BCUT2D eigenvalue weighted by Crippen LogP contribution is -2.23. The first-order valence-electron chi connectivity index (χ1n) is 10.3. The Labute approximate surface area is 184 Å². The zero-order chi connectivity index (χ0) is 21.8. The molecule has 0 aliphatic carbocycles. The average molecular weight is 420 g/mol. The number of carbonyl (C=O) groups excluding carboxylic acids is 1. The number of benzene rings is 1. The van der Waals surface area contributed by atoms with Gasteiger partial charge in [0.25, 0.3) is 5.91 Å². The van der Waals surface area contributed by atoms with E-state index in [-0.39, 0.29) is 5.91 Å². The highest BCUT2D eigenvalue weighted by molar-refractivity contribution is 6.06. The molecule has 156 valence electrons. The molecule has 32 heavy (non-hydrogen) atoms. The highest BCUT2D eigenvalue weighted by Crippen LogP contribution is 2.25. The number of aromatic nitrogens is 5. The largest absolute Gasteiger partial charge is 0.348 e. The molecule has 4 aromatic heterocycles. The van der Waals surface area contributed by atoms with Gasteiger partial charge < -0.3 is 5.32 Å². The van der Waals surface area contributed by atoms with Crippen molar-refractivity contribution in [3.63, 3.8) is 0 Å². The van der Waals surface area contributed by atoms with Crippen molar-refractivity contribution in [2.75, 3.05) is 0 Å². The van der Waals surface area contributed by atoms with Gasteiger partial charge in [-0.3, -0.25) is 14.8 Å². The van der Waals surface area contributed by atoms with E-state index in [1.54, 1.807) is 41.7 Å². The summed E-state index contributed by atoms with van der Waals surface area (Å²) in [6.07, 6.45) is 8.68. The highest BCUT2D eigenvalue weighted by Gasteiger charge is 2.18. The van der Waals surface area contributed by atoms with Crippen LogP contribution in [0.3, 0.4) is 0 Å². The molecule has 0 saturated heterocycles. The maximum atomic E-state index is 13.2. The first kappa shape index (κ1) is 19.6. The second kappa shape index (κ2) is 8.77. The molecule has 5 aromatic rings. The summed E-state index contributed by atoms with van der Waals surface area (Å²) in [6.45, 7) is 0.946. The molecule has 7 heteroatoms. The minimum absolute atomic E-state index is 0.174. The molecule has 0 bridgehead atoms. The molecule has 1 N–H and O–H groups in total. The van der Waals surface area contributed by atoms with E-state index in [1.807, 2.05) is 54.6 Å². The summed E-state index contributed by atoms with van der Waals surface area (Å²) in [6, 6.07) is 19.3. The topological polar surface area (TPSA) is 85.6 Å². The summed E-state index contributed by atoms with van der Waals surface area (Å²) in [5, 5.41) is 8.23. The zero-order valence-electron chi connectivity index (χ0n) is 17.2. The molecule has 0 aliphatic heterocycles.